The third-order valence-corrected chi connectivity index (χ3v) is 5.99. The number of carboxylic acid groups (broad SMARTS) is 1. The van der Waals surface area contributed by atoms with Gasteiger partial charge in [0.25, 0.3) is 0 Å². The molecule has 0 spiro atoms. The van der Waals surface area contributed by atoms with Gasteiger partial charge in [-0.25, -0.2) is 9.28 Å². The van der Waals surface area contributed by atoms with Crippen LogP contribution in [-0.4, -0.2) is 54.8 Å². The van der Waals surface area contributed by atoms with Crippen molar-refractivity contribution in [3.8, 4) is 0 Å². The van der Waals surface area contributed by atoms with Gasteiger partial charge in [-0.3, -0.25) is 9.59 Å². The van der Waals surface area contributed by atoms with E-state index in [2.05, 4.69) is 0 Å². The average Bonchev–Trinajstić information content (AvgIpc) is 2.63. The van der Waals surface area contributed by atoms with Gasteiger partial charge in [0.1, 0.15) is 17.6 Å². The number of nitrogens with zero attached hydrogens (tertiary/aromatic N) is 3. The second-order valence-electron chi connectivity index (χ2n) is 7.80. The van der Waals surface area contributed by atoms with Gasteiger partial charge in [-0.15, -0.1) is 0 Å². The Hall–Kier alpha value is -2.74. The van der Waals surface area contributed by atoms with E-state index < -0.39 is 12.1 Å². The minimum atomic E-state index is -1.29. The molecule has 0 aromatic heterocycles. The van der Waals surface area contributed by atoms with E-state index in [9.17, 15) is 24.3 Å². The second-order valence-corrected chi connectivity index (χ2v) is 7.80. The Morgan fingerprint density at radius 2 is 1.79 bits per heavy atom. The van der Waals surface area contributed by atoms with E-state index in [0.717, 1.165) is 0 Å². The molecule has 0 saturated carbocycles. The summed E-state index contributed by atoms with van der Waals surface area (Å²) in [7, 11) is 1.81. The van der Waals surface area contributed by atoms with Crippen LogP contribution < -0.4 is 14.5 Å². The maximum absolute atomic E-state index is 12.6. The summed E-state index contributed by atoms with van der Waals surface area (Å²) in [4.78, 5) is 50.7. The summed E-state index contributed by atoms with van der Waals surface area (Å²) in [5, 5.41) is 11.7. The molecule has 3 atom stereocenters. The molecule has 1 heterocycles. The quantitative estimate of drug-likeness (QED) is 0.696. The van der Waals surface area contributed by atoms with Crippen LogP contribution in [0.4, 0.5) is 16.2 Å². The number of ketones is 1. The van der Waals surface area contributed by atoms with Gasteiger partial charge >= 0.3 is 5.91 Å². The van der Waals surface area contributed by atoms with Gasteiger partial charge in [0.15, 0.2) is 0 Å². The SMILES string of the molecule is CCN(C(=O)[O-])[C@@H]1C[C@H](C)[N+](C)(C(C)=O)c2ccc(N(CC(C)=O)C(C)=O)cc21. The molecule has 0 bridgehead atoms. The van der Waals surface area contributed by atoms with Gasteiger partial charge in [-0.2, -0.15) is 0 Å². The number of carbonyl (C=O) groups is 4. The third-order valence-electron chi connectivity index (χ3n) is 5.99. The molecule has 0 saturated heterocycles. The predicted molar refractivity (Wildman–Crippen MR) is 108 cm³/mol. The summed E-state index contributed by atoms with van der Waals surface area (Å²) < 4.78 is 0.0312. The Kier molecular flexibility index (Phi) is 6.47. The first-order valence-electron chi connectivity index (χ1n) is 9.72. The number of hydrogen-bond donors (Lipinski definition) is 0. The monoisotopic (exact) mass is 403 g/mol. The molecule has 0 N–H and O–H groups in total. The highest BCUT2D eigenvalue weighted by molar-refractivity contribution is 5.98. The van der Waals surface area contributed by atoms with Crippen molar-refractivity contribution in [1.82, 2.24) is 9.38 Å². The number of quaternary nitrogens is 1. The summed E-state index contributed by atoms with van der Waals surface area (Å²) in [5.74, 6) is -0.525. The van der Waals surface area contributed by atoms with Crippen LogP contribution in [0.3, 0.4) is 0 Å². The molecule has 8 nitrogen and oxygen atoms in total. The average molecular weight is 403 g/mol. The van der Waals surface area contributed by atoms with Crippen LogP contribution >= 0.6 is 0 Å². The molecule has 0 fully saturated rings. The van der Waals surface area contributed by atoms with Crippen LogP contribution in [0.2, 0.25) is 0 Å². The Morgan fingerprint density at radius 3 is 2.24 bits per heavy atom. The van der Waals surface area contributed by atoms with E-state index >= 15 is 0 Å². The Labute approximate surface area is 171 Å². The Bertz CT molecular complexity index is 853. The van der Waals surface area contributed by atoms with Gasteiger partial charge in [-0.1, -0.05) is 0 Å². The highest BCUT2D eigenvalue weighted by Crippen LogP contribution is 2.45. The molecule has 0 aliphatic carbocycles. The molecule has 3 amide bonds. The predicted octanol–water partition coefficient (Wildman–Crippen LogP) is 1.61. The van der Waals surface area contributed by atoms with E-state index in [1.165, 1.54) is 30.6 Å². The Balaban J connectivity index is 2.73. The maximum atomic E-state index is 12.6. The number of amides is 3. The largest absolute Gasteiger partial charge is 0.530 e. The van der Waals surface area contributed by atoms with Crippen molar-refractivity contribution in [1.29, 1.82) is 0 Å². The molecule has 1 aromatic carbocycles. The van der Waals surface area contributed by atoms with Crippen LogP contribution in [0.5, 0.6) is 0 Å². The first-order valence-corrected chi connectivity index (χ1v) is 9.72. The van der Waals surface area contributed by atoms with Crippen molar-refractivity contribution in [3.05, 3.63) is 23.8 Å². The fourth-order valence-electron chi connectivity index (χ4n) is 4.16. The summed E-state index contributed by atoms with van der Waals surface area (Å²) in [6, 6.07) is 4.53. The highest BCUT2D eigenvalue weighted by Gasteiger charge is 2.47. The first-order chi connectivity index (χ1) is 13.4. The smallest absolute Gasteiger partial charge is 0.315 e. The zero-order valence-electron chi connectivity index (χ0n) is 17.9. The zero-order valence-corrected chi connectivity index (χ0v) is 17.9. The Morgan fingerprint density at radius 1 is 1.17 bits per heavy atom. The van der Waals surface area contributed by atoms with E-state index in [1.54, 1.807) is 25.1 Å². The van der Waals surface area contributed by atoms with Crippen molar-refractivity contribution >= 4 is 35.1 Å². The van der Waals surface area contributed by atoms with Crippen LogP contribution in [0.25, 0.3) is 0 Å². The lowest BCUT2D eigenvalue weighted by atomic mass is 9.88. The molecule has 2 rings (SSSR count). The topological polar surface area (TPSA) is 97.8 Å². The van der Waals surface area contributed by atoms with Crippen molar-refractivity contribution in [2.75, 3.05) is 25.0 Å². The molecule has 8 heteroatoms. The van der Waals surface area contributed by atoms with Crippen molar-refractivity contribution in [3.63, 3.8) is 0 Å². The molecule has 1 aliphatic rings. The minimum Gasteiger partial charge on any atom is -0.530 e. The van der Waals surface area contributed by atoms with E-state index in [-0.39, 0.29) is 41.2 Å². The number of hydrogen-bond acceptors (Lipinski definition) is 5. The lowest BCUT2D eigenvalue weighted by Crippen LogP contribution is -2.60. The van der Waals surface area contributed by atoms with Gasteiger partial charge in [0.05, 0.1) is 32.6 Å². The third kappa shape index (κ3) is 4.03. The number of Topliss-reactive ketones (excluding diaryl/α,β-unsaturated/α-hetero) is 1. The zero-order chi connectivity index (χ0) is 22.1. The van der Waals surface area contributed by atoms with Crippen molar-refractivity contribution < 1.29 is 24.3 Å². The van der Waals surface area contributed by atoms with Crippen LogP contribution in [0, 0.1) is 0 Å². The number of benzene rings is 1. The number of fused-ring (bicyclic) bond motifs is 1. The normalized spacial score (nSPS) is 23.1. The summed E-state index contributed by atoms with van der Waals surface area (Å²) >= 11 is 0. The molecule has 1 aromatic rings. The van der Waals surface area contributed by atoms with Gasteiger partial charge < -0.3 is 19.7 Å². The van der Waals surface area contributed by atoms with Crippen molar-refractivity contribution in [2.24, 2.45) is 0 Å². The molecule has 1 aliphatic heterocycles. The lowest BCUT2D eigenvalue weighted by Gasteiger charge is -2.47. The standard InChI is InChI=1S/C21H29N3O5/c1-7-22(21(28)29)19-10-13(2)24(6,16(5)27)20-9-8-17(11-18(19)20)23(15(4)26)12-14(3)25/h8-9,11,13,19H,7,10,12H2,1-6H3/t13-,19+,24?/m0/s1. The minimum absolute atomic E-state index is 0.0312. The summed E-state index contributed by atoms with van der Waals surface area (Å²) in [5.41, 5.74) is 1.84. The van der Waals surface area contributed by atoms with E-state index in [1.807, 2.05) is 14.0 Å². The molecule has 29 heavy (non-hydrogen) atoms. The highest BCUT2D eigenvalue weighted by atomic mass is 16.4. The van der Waals surface area contributed by atoms with Gasteiger partial charge in [-0.05, 0) is 32.9 Å². The van der Waals surface area contributed by atoms with Crippen LogP contribution in [-0.2, 0) is 14.4 Å². The summed E-state index contributed by atoms with van der Waals surface area (Å²) in [6.45, 7) is 8.10. The lowest BCUT2D eigenvalue weighted by molar-refractivity contribution is -0.268. The number of carbonyl (C=O) groups excluding carboxylic acids is 4. The molecule has 0 radical (unpaired) electrons. The van der Waals surface area contributed by atoms with Crippen LogP contribution in [0.15, 0.2) is 18.2 Å². The first kappa shape index (κ1) is 22.5. The van der Waals surface area contributed by atoms with Gasteiger partial charge in [0.2, 0.25) is 5.91 Å². The molecular formula is C21H29N3O5. The fourth-order valence-corrected chi connectivity index (χ4v) is 4.16. The van der Waals surface area contributed by atoms with Gasteiger partial charge in [0, 0.05) is 37.2 Å². The molecular weight excluding hydrogens is 374 g/mol. The number of anilines is 1. The second kappa shape index (κ2) is 8.32. The molecule has 158 valence electrons. The molecule has 1 unspecified atom stereocenters. The summed E-state index contributed by atoms with van der Waals surface area (Å²) in [6.07, 6.45) is -0.853. The van der Waals surface area contributed by atoms with E-state index in [4.69, 9.17) is 0 Å². The van der Waals surface area contributed by atoms with E-state index in [0.29, 0.717) is 23.4 Å². The van der Waals surface area contributed by atoms with Crippen LogP contribution in [0.1, 0.15) is 52.6 Å². The van der Waals surface area contributed by atoms with Crippen molar-refractivity contribution in [2.45, 2.75) is 53.1 Å². The maximum Gasteiger partial charge on any atom is 0.315 e. The number of rotatable bonds is 5. The fraction of sp³-hybridized carbons (Fsp3) is 0.524.